The highest BCUT2D eigenvalue weighted by atomic mass is 35.5. The van der Waals surface area contributed by atoms with E-state index in [1.165, 1.54) is 4.68 Å². The van der Waals surface area contributed by atoms with Gasteiger partial charge in [-0.1, -0.05) is 47.9 Å². The van der Waals surface area contributed by atoms with Crippen LogP contribution in [0.3, 0.4) is 0 Å². The molecule has 0 bridgehead atoms. The zero-order valence-electron chi connectivity index (χ0n) is 11.8. The molecular weight excluding hydrogens is 296 g/mol. The number of halogens is 1. The van der Waals surface area contributed by atoms with Crippen LogP contribution in [0.25, 0.3) is 10.8 Å². The lowest BCUT2D eigenvalue weighted by molar-refractivity contribution is 0.655. The van der Waals surface area contributed by atoms with E-state index in [9.17, 15) is 4.79 Å². The number of fused-ring (bicyclic) bond motifs is 1. The Bertz CT molecular complexity index is 920. The van der Waals surface area contributed by atoms with Crippen LogP contribution in [0.15, 0.2) is 53.3 Å². The van der Waals surface area contributed by atoms with E-state index in [0.717, 1.165) is 16.6 Å². The Kier molecular flexibility index (Phi) is 3.95. The molecule has 3 rings (SSSR count). The average Bonchev–Trinajstić information content (AvgIpc) is 2.54. The van der Waals surface area contributed by atoms with Gasteiger partial charge in [0.2, 0.25) is 0 Å². The van der Waals surface area contributed by atoms with Crippen molar-refractivity contribution in [1.29, 1.82) is 0 Å². The summed E-state index contributed by atoms with van der Waals surface area (Å²) < 4.78 is 1.34. The molecule has 0 radical (unpaired) electrons. The molecule has 0 saturated heterocycles. The number of hydrogen-bond donors (Lipinski definition) is 0. The Morgan fingerprint density at radius 3 is 2.45 bits per heavy atom. The molecule has 0 unspecified atom stereocenters. The van der Waals surface area contributed by atoms with E-state index in [-0.39, 0.29) is 12.1 Å². The van der Waals surface area contributed by atoms with Crippen molar-refractivity contribution in [2.75, 3.05) is 0 Å². The first-order chi connectivity index (χ1) is 10.7. The predicted octanol–water partition coefficient (Wildman–Crippen LogP) is 3.27. The maximum atomic E-state index is 12.4. The number of terminal acetylenes is 1. The molecule has 0 spiro atoms. The van der Waals surface area contributed by atoms with Gasteiger partial charge in [-0.15, -0.1) is 6.42 Å². The van der Waals surface area contributed by atoms with Crippen LogP contribution in [0.2, 0.25) is 5.02 Å². The minimum Gasteiger partial charge on any atom is -0.267 e. The summed E-state index contributed by atoms with van der Waals surface area (Å²) in [5.41, 5.74) is 1.74. The third-order valence-corrected chi connectivity index (χ3v) is 3.72. The number of aromatic nitrogens is 2. The van der Waals surface area contributed by atoms with Crippen molar-refractivity contribution >= 4 is 22.4 Å². The van der Waals surface area contributed by atoms with Gasteiger partial charge in [-0.3, -0.25) is 4.79 Å². The molecule has 0 saturated carbocycles. The number of nitrogens with zero attached hydrogens (tertiary/aromatic N) is 2. The van der Waals surface area contributed by atoms with Crippen LogP contribution in [0.5, 0.6) is 0 Å². The van der Waals surface area contributed by atoms with Crippen LogP contribution >= 0.6 is 11.6 Å². The molecule has 3 nitrogen and oxygen atoms in total. The smallest absolute Gasteiger partial charge is 0.267 e. The molecule has 0 aliphatic heterocycles. The van der Waals surface area contributed by atoms with E-state index in [1.54, 1.807) is 6.07 Å². The summed E-state index contributed by atoms with van der Waals surface area (Å²) in [5.74, 6) is 2.47. The fourth-order valence-electron chi connectivity index (χ4n) is 2.43. The van der Waals surface area contributed by atoms with Crippen LogP contribution in [-0.2, 0) is 13.0 Å². The molecule has 0 aliphatic carbocycles. The highest BCUT2D eigenvalue weighted by Gasteiger charge is 2.10. The van der Waals surface area contributed by atoms with Crippen LogP contribution in [0, 0.1) is 12.3 Å². The summed E-state index contributed by atoms with van der Waals surface area (Å²) in [6.07, 6.45) is 5.94. The minimum atomic E-state index is -0.159. The molecular formula is C18H13ClN2O. The highest BCUT2D eigenvalue weighted by Crippen LogP contribution is 2.18. The van der Waals surface area contributed by atoms with Crippen molar-refractivity contribution in [2.45, 2.75) is 13.0 Å². The second-order valence-corrected chi connectivity index (χ2v) is 5.40. The Hall–Kier alpha value is -2.57. The molecule has 0 fully saturated rings. The summed E-state index contributed by atoms with van der Waals surface area (Å²) in [6.45, 7) is 0.164. The third-order valence-electron chi connectivity index (χ3n) is 3.47. The number of hydrogen-bond acceptors (Lipinski definition) is 2. The van der Waals surface area contributed by atoms with Crippen molar-refractivity contribution in [3.05, 3.63) is 75.2 Å². The summed E-state index contributed by atoms with van der Waals surface area (Å²) in [5, 5.41) is 6.62. The summed E-state index contributed by atoms with van der Waals surface area (Å²) >= 11 is 5.91. The monoisotopic (exact) mass is 308 g/mol. The molecule has 0 amide bonds. The van der Waals surface area contributed by atoms with Gasteiger partial charge in [0, 0.05) is 16.8 Å². The fourth-order valence-corrected chi connectivity index (χ4v) is 2.55. The average molecular weight is 309 g/mol. The maximum absolute atomic E-state index is 12.4. The molecule has 0 aliphatic rings. The van der Waals surface area contributed by atoms with Crippen molar-refractivity contribution in [1.82, 2.24) is 9.78 Å². The van der Waals surface area contributed by atoms with Gasteiger partial charge in [-0.25, -0.2) is 4.68 Å². The largest absolute Gasteiger partial charge is 0.275 e. The van der Waals surface area contributed by atoms with Crippen LogP contribution in [0.4, 0.5) is 0 Å². The first kappa shape index (κ1) is 14.4. The highest BCUT2D eigenvalue weighted by molar-refractivity contribution is 6.30. The normalized spacial score (nSPS) is 10.5. The first-order valence-electron chi connectivity index (χ1n) is 6.85. The molecule has 1 heterocycles. The van der Waals surface area contributed by atoms with Gasteiger partial charge in [0.05, 0.1) is 11.1 Å². The second-order valence-electron chi connectivity index (χ2n) is 4.96. The Labute approximate surface area is 133 Å². The van der Waals surface area contributed by atoms with E-state index in [2.05, 4.69) is 11.0 Å². The standard InChI is InChI=1S/C18H13ClN2O/c1-2-11-21-18(22)16-6-4-3-5-15(16)17(20-21)12-13-7-9-14(19)10-8-13/h1,3-10H,11-12H2. The van der Waals surface area contributed by atoms with Gasteiger partial charge in [0.1, 0.15) is 6.54 Å². The lowest BCUT2D eigenvalue weighted by Gasteiger charge is -2.09. The van der Waals surface area contributed by atoms with E-state index >= 15 is 0 Å². The first-order valence-corrected chi connectivity index (χ1v) is 7.23. The van der Waals surface area contributed by atoms with Gasteiger partial charge in [-0.2, -0.15) is 5.10 Å². The van der Waals surface area contributed by atoms with Crippen molar-refractivity contribution in [3.8, 4) is 12.3 Å². The SMILES string of the molecule is C#CCn1nc(Cc2ccc(Cl)cc2)c2ccccc2c1=O. The van der Waals surface area contributed by atoms with E-state index in [0.29, 0.717) is 16.8 Å². The number of benzene rings is 2. The van der Waals surface area contributed by atoms with Gasteiger partial charge in [0.25, 0.3) is 5.56 Å². The molecule has 2 aromatic carbocycles. The van der Waals surface area contributed by atoms with Gasteiger partial charge < -0.3 is 0 Å². The zero-order valence-corrected chi connectivity index (χ0v) is 12.5. The quantitative estimate of drug-likeness (QED) is 0.696. The van der Waals surface area contributed by atoms with Crippen molar-refractivity contribution in [3.63, 3.8) is 0 Å². The van der Waals surface area contributed by atoms with E-state index < -0.39 is 0 Å². The second kappa shape index (κ2) is 6.05. The van der Waals surface area contributed by atoms with Crippen LogP contribution < -0.4 is 5.56 Å². The number of rotatable bonds is 3. The molecule has 0 atom stereocenters. The van der Waals surface area contributed by atoms with Crippen molar-refractivity contribution < 1.29 is 0 Å². The topological polar surface area (TPSA) is 34.9 Å². The lowest BCUT2D eigenvalue weighted by Crippen LogP contribution is -2.24. The molecule has 3 aromatic rings. The van der Waals surface area contributed by atoms with Gasteiger partial charge in [0.15, 0.2) is 0 Å². The molecule has 1 aromatic heterocycles. The molecule has 108 valence electrons. The summed E-state index contributed by atoms with van der Waals surface area (Å²) in [6, 6.07) is 15.1. The molecule has 4 heteroatoms. The summed E-state index contributed by atoms with van der Waals surface area (Å²) in [7, 11) is 0. The third kappa shape index (κ3) is 2.74. The van der Waals surface area contributed by atoms with E-state index in [1.807, 2.05) is 42.5 Å². The molecule has 22 heavy (non-hydrogen) atoms. The zero-order chi connectivity index (χ0) is 15.5. The Morgan fingerprint density at radius 1 is 1.09 bits per heavy atom. The van der Waals surface area contributed by atoms with Crippen LogP contribution in [0.1, 0.15) is 11.3 Å². The molecule has 0 N–H and O–H groups in total. The van der Waals surface area contributed by atoms with E-state index in [4.69, 9.17) is 18.0 Å². The minimum absolute atomic E-state index is 0.159. The maximum Gasteiger partial charge on any atom is 0.275 e. The van der Waals surface area contributed by atoms with Gasteiger partial charge >= 0.3 is 0 Å². The lowest BCUT2D eigenvalue weighted by atomic mass is 10.0. The van der Waals surface area contributed by atoms with Gasteiger partial charge in [-0.05, 0) is 23.8 Å². The Morgan fingerprint density at radius 2 is 1.77 bits per heavy atom. The fraction of sp³-hybridized carbons (Fsp3) is 0.111. The predicted molar refractivity (Wildman–Crippen MR) is 89.1 cm³/mol. The van der Waals surface area contributed by atoms with Crippen LogP contribution in [-0.4, -0.2) is 9.78 Å². The summed E-state index contributed by atoms with van der Waals surface area (Å²) in [4.78, 5) is 12.4. The Balaban J connectivity index is 2.15. The van der Waals surface area contributed by atoms with Crippen molar-refractivity contribution in [2.24, 2.45) is 0 Å².